The van der Waals surface area contributed by atoms with Gasteiger partial charge in [-0.05, 0) is 29.7 Å². The topological polar surface area (TPSA) is 57.7 Å². The first-order chi connectivity index (χ1) is 9.65. The van der Waals surface area contributed by atoms with Gasteiger partial charge in [0.05, 0.1) is 6.33 Å². The van der Waals surface area contributed by atoms with Gasteiger partial charge >= 0.3 is 0 Å². The molecule has 0 radical (unpaired) electrons. The van der Waals surface area contributed by atoms with Gasteiger partial charge in [0.15, 0.2) is 11.5 Å². The Kier molecular flexibility index (Phi) is 3.28. The highest BCUT2D eigenvalue weighted by Gasteiger charge is 2.13. The second-order valence-electron chi connectivity index (χ2n) is 4.70. The van der Waals surface area contributed by atoms with Gasteiger partial charge in [0.1, 0.15) is 5.52 Å². The lowest BCUT2D eigenvalue weighted by Crippen LogP contribution is -2.19. The highest BCUT2D eigenvalue weighted by molar-refractivity contribution is 6.28. The molecular weight excluding hydrogens is 274 g/mol. The van der Waals surface area contributed by atoms with E-state index >= 15 is 0 Å². The zero-order chi connectivity index (χ0) is 14.1. The first-order valence-corrected chi connectivity index (χ1v) is 6.65. The monoisotopic (exact) mass is 287 g/mol. The molecule has 3 aromatic rings. The van der Waals surface area contributed by atoms with Crippen molar-refractivity contribution in [2.75, 3.05) is 11.9 Å². The van der Waals surface area contributed by atoms with Gasteiger partial charge in [-0.3, -0.25) is 0 Å². The third-order valence-corrected chi connectivity index (χ3v) is 3.44. The summed E-state index contributed by atoms with van der Waals surface area (Å²) in [5.41, 5.74) is 3.87. The zero-order valence-corrected chi connectivity index (χ0v) is 12.0. The highest BCUT2D eigenvalue weighted by atomic mass is 35.5. The first-order valence-electron chi connectivity index (χ1n) is 6.27. The fraction of sp³-hybridized carbons (Fsp3) is 0.214. The molecule has 0 aliphatic rings. The van der Waals surface area contributed by atoms with Crippen LogP contribution in [0.15, 0.2) is 30.6 Å². The van der Waals surface area contributed by atoms with E-state index in [1.165, 1.54) is 11.1 Å². The molecule has 0 aliphatic carbocycles. The van der Waals surface area contributed by atoms with Crippen LogP contribution >= 0.6 is 11.6 Å². The van der Waals surface area contributed by atoms with Crippen molar-refractivity contribution in [3.8, 4) is 0 Å². The largest absolute Gasteiger partial charge is 0.353 e. The quantitative estimate of drug-likeness (QED) is 0.753. The molecule has 0 saturated heterocycles. The molecule has 20 heavy (non-hydrogen) atoms. The molecule has 3 rings (SSSR count). The Bertz CT molecular complexity index is 752. The van der Waals surface area contributed by atoms with E-state index in [-0.39, 0.29) is 5.28 Å². The van der Waals surface area contributed by atoms with E-state index in [4.69, 9.17) is 11.6 Å². The number of fused-ring (bicyclic) bond motifs is 1. The maximum absolute atomic E-state index is 5.96. The number of aromatic amines is 1. The summed E-state index contributed by atoms with van der Waals surface area (Å²) in [5, 5.41) is 0.205. The fourth-order valence-electron chi connectivity index (χ4n) is 2.19. The molecule has 0 fully saturated rings. The van der Waals surface area contributed by atoms with Crippen molar-refractivity contribution in [2.24, 2.45) is 0 Å². The maximum atomic E-state index is 5.96. The van der Waals surface area contributed by atoms with Crippen molar-refractivity contribution in [3.05, 3.63) is 47.0 Å². The number of nitrogens with zero attached hydrogens (tertiary/aromatic N) is 4. The SMILES string of the molecule is Cc1ccccc1CN(C)c1nc(Cl)nc2nc[nH]c12. The minimum atomic E-state index is 0.205. The Hall–Kier alpha value is -2.14. The van der Waals surface area contributed by atoms with Crippen molar-refractivity contribution < 1.29 is 0 Å². The summed E-state index contributed by atoms with van der Waals surface area (Å²) in [4.78, 5) is 17.6. The molecular formula is C14H14ClN5. The first kappa shape index (κ1) is 12.9. The highest BCUT2D eigenvalue weighted by Crippen LogP contribution is 2.23. The number of hydrogen-bond donors (Lipinski definition) is 1. The van der Waals surface area contributed by atoms with Gasteiger partial charge in [0.2, 0.25) is 5.28 Å². The van der Waals surface area contributed by atoms with Crippen molar-refractivity contribution in [2.45, 2.75) is 13.5 Å². The number of aromatic nitrogens is 4. The van der Waals surface area contributed by atoms with E-state index in [0.29, 0.717) is 5.65 Å². The van der Waals surface area contributed by atoms with Crippen molar-refractivity contribution in [1.29, 1.82) is 0 Å². The van der Waals surface area contributed by atoms with Crippen LogP contribution in [0.4, 0.5) is 5.82 Å². The summed E-state index contributed by atoms with van der Waals surface area (Å²) >= 11 is 5.96. The Morgan fingerprint density at radius 3 is 2.85 bits per heavy atom. The van der Waals surface area contributed by atoms with Crippen molar-refractivity contribution in [3.63, 3.8) is 0 Å². The molecule has 2 heterocycles. The maximum Gasteiger partial charge on any atom is 0.226 e. The van der Waals surface area contributed by atoms with Crippen LogP contribution in [0.3, 0.4) is 0 Å². The van der Waals surface area contributed by atoms with Gasteiger partial charge in [0.25, 0.3) is 0 Å². The number of hydrogen-bond acceptors (Lipinski definition) is 4. The van der Waals surface area contributed by atoms with Crippen LogP contribution in [-0.4, -0.2) is 27.0 Å². The molecule has 0 bridgehead atoms. The van der Waals surface area contributed by atoms with E-state index < -0.39 is 0 Å². The lowest BCUT2D eigenvalue weighted by atomic mass is 10.1. The van der Waals surface area contributed by atoms with E-state index in [1.54, 1.807) is 6.33 Å². The van der Waals surface area contributed by atoms with E-state index in [0.717, 1.165) is 17.9 Å². The molecule has 6 heteroatoms. The molecule has 0 aliphatic heterocycles. The number of aryl methyl sites for hydroxylation is 1. The van der Waals surface area contributed by atoms with Gasteiger partial charge < -0.3 is 9.88 Å². The molecule has 0 spiro atoms. The predicted molar refractivity (Wildman–Crippen MR) is 80.0 cm³/mol. The average molecular weight is 288 g/mol. The van der Waals surface area contributed by atoms with Crippen LogP contribution in [-0.2, 0) is 6.54 Å². The number of anilines is 1. The van der Waals surface area contributed by atoms with Gasteiger partial charge in [-0.1, -0.05) is 24.3 Å². The normalized spacial score (nSPS) is 10.9. The lowest BCUT2D eigenvalue weighted by molar-refractivity contribution is 0.891. The molecule has 0 unspecified atom stereocenters. The van der Waals surface area contributed by atoms with Crippen LogP contribution in [0.5, 0.6) is 0 Å². The summed E-state index contributed by atoms with van der Waals surface area (Å²) in [6.45, 7) is 2.84. The lowest BCUT2D eigenvalue weighted by Gasteiger charge is -2.19. The Morgan fingerprint density at radius 2 is 2.05 bits per heavy atom. The number of benzene rings is 1. The molecule has 0 atom stereocenters. The summed E-state index contributed by atoms with van der Waals surface area (Å²) in [6, 6.07) is 8.28. The van der Waals surface area contributed by atoms with E-state index in [1.807, 2.05) is 24.1 Å². The molecule has 1 aromatic carbocycles. The van der Waals surface area contributed by atoms with Gasteiger partial charge in [0, 0.05) is 13.6 Å². The summed E-state index contributed by atoms with van der Waals surface area (Å²) < 4.78 is 0. The zero-order valence-electron chi connectivity index (χ0n) is 11.3. The summed E-state index contributed by atoms with van der Waals surface area (Å²) in [6.07, 6.45) is 1.60. The van der Waals surface area contributed by atoms with Crippen LogP contribution in [0.2, 0.25) is 5.28 Å². The fourth-order valence-corrected chi connectivity index (χ4v) is 2.35. The molecule has 1 N–H and O–H groups in total. The van der Waals surface area contributed by atoms with Crippen molar-refractivity contribution in [1.82, 2.24) is 19.9 Å². The van der Waals surface area contributed by atoms with Gasteiger partial charge in [-0.2, -0.15) is 9.97 Å². The van der Waals surface area contributed by atoms with E-state index in [2.05, 4.69) is 39.0 Å². The van der Waals surface area contributed by atoms with Crippen LogP contribution in [0.25, 0.3) is 11.2 Å². The number of imidazole rings is 1. The summed E-state index contributed by atoms with van der Waals surface area (Å²) in [7, 11) is 1.98. The number of halogens is 1. The molecule has 0 saturated carbocycles. The molecule has 5 nitrogen and oxygen atoms in total. The van der Waals surface area contributed by atoms with E-state index in [9.17, 15) is 0 Å². The molecule has 0 amide bonds. The minimum absolute atomic E-state index is 0.205. The van der Waals surface area contributed by atoms with Crippen LogP contribution < -0.4 is 4.90 Å². The predicted octanol–water partition coefficient (Wildman–Crippen LogP) is 2.95. The van der Waals surface area contributed by atoms with Crippen LogP contribution in [0, 0.1) is 6.92 Å². The van der Waals surface area contributed by atoms with Gasteiger partial charge in [-0.15, -0.1) is 0 Å². The second kappa shape index (κ2) is 5.09. The third-order valence-electron chi connectivity index (χ3n) is 3.27. The third kappa shape index (κ3) is 2.32. The molecule has 102 valence electrons. The minimum Gasteiger partial charge on any atom is -0.353 e. The Morgan fingerprint density at radius 1 is 1.25 bits per heavy atom. The average Bonchev–Trinajstić information content (AvgIpc) is 2.88. The van der Waals surface area contributed by atoms with Crippen molar-refractivity contribution >= 4 is 28.6 Å². The Labute approximate surface area is 121 Å². The number of rotatable bonds is 3. The number of nitrogens with one attached hydrogen (secondary N) is 1. The summed E-state index contributed by atoms with van der Waals surface area (Å²) in [5.74, 6) is 0.751. The van der Waals surface area contributed by atoms with Gasteiger partial charge in [-0.25, -0.2) is 4.98 Å². The second-order valence-corrected chi connectivity index (χ2v) is 5.04. The number of H-pyrrole nitrogens is 1. The standard InChI is InChI=1S/C14H14ClN5/c1-9-5-3-4-6-10(9)7-20(2)13-11-12(17-8-16-11)18-14(15)19-13/h3-6,8H,7H2,1-2H3,(H,16,17,18,19). The van der Waals surface area contributed by atoms with Crippen LogP contribution in [0.1, 0.15) is 11.1 Å². The molecule has 2 aromatic heterocycles. The Balaban J connectivity index is 1.98. The smallest absolute Gasteiger partial charge is 0.226 e.